The third-order valence-corrected chi connectivity index (χ3v) is 7.64. The predicted octanol–water partition coefficient (Wildman–Crippen LogP) is 0.268. The van der Waals surface area contributed by atoms with E-state index in [1.165, 1.54) is 11.4 Å². The van der Waals surface area contributed by atoms with Crippen LogP contribution in [-0.4, -0.2) is 64.4 Å². The van der Waals surface area contributed by atoms with E-state index in [9.17, 15) is 18.0 Å². The van der Waals surface area contributed by atoms with Gasteiger partial charge in [0.2, 0.25) is 10.0 Å². The number of carbonyl (C=O) groups is 2. The molecule has 2 aliphatic rings. The smallest absolute Gasteiger partial charge is 0.309 e. The second-order valence-electron chi connectivity index (χ2n) is 7.76. The van der Waals surface area contributed by atoms with Crippen LogP contribution in [0.5, 0.6) is 0 Å². The number of nitrogens with one attached hydrogen (secondary N) is 2. The number of quaternary nitrogens is 1. The molecule has 2 fully saturated rings. The number of nitrogens with zero attached hydrogens (tertiary/aromatic N) is 1. The minimum atomic E-state index is -3.47. The van der Waals surface area contributed by atoms with Gasteiger partial charge in [-0.2, -0.15) is 4.31 Å². The molecule has 160 valence electrons. The predicted molar refractivity (Wildman–Crippen MR) is 108 cm³/mol. The molecule has 2 saturated heterocycles. The fourth-order valence-electron chi connectivity index (χ4n) is 4.00. The van der Waals surface area contributed by atoms with Crippen molar-refractivity contribution in [1.82, 2.24) is 4.31 Å². The van der Waals surface area contributed by atoms with Crippen LogP contribution >= 0.6 is 0 Å². The fraction of sp³-hybridized carbons (Fsp3) is 0.600. The van der Waals surface area contributed by atoms with Crippen molar-refractivity contribution in [3.05, 3.63) is 24.3 Å². The molecule has 2 heterocycles. The molecule has 2 N–H and O–H groups in total. The molecule has 1 amide bonds. The van der Waals surface area contributed by atoms with Crippen LogP contribution in [0.4, 0.5) is 5.69 Å². The molecular weight excluding hydrogens is 394 g/mol. The molecule has 0 aliphatic carbocycles. The van der Waals surface area contributed by atoms with E-state index in [0.29, 0.717) is 25.3 Å². The Morgan fingerprint density at radius 2 is 1.72 bits per heavy atom. The molecule has 29 heavy (non-hydrogen) atoms. The summed E-state index contributed by atoms with van der Waals surface area (Å²) >= 11 is 0. The fourth-order valence-corrected chi connectivity index (χ4v) is 5.52. The molecule has 9 heteroatoms. The van der Waals surface area contributed by atoms with Crippen LogP contribution in [0.15, 0.2) is 29.2 Å². The van der Waals surface area contributed by atoms with Crippen LogP contribution < -0.4 is 10.2 Å². The molecule has 0 bridgehead atoms. The van der Waals surface area contributed by atoms with Crippen molar-refractivity contribution in [2.75, 3.05) is 45.2 Å². The number of carbonyl (C=O) groups excluding carboxylic acids is 2. The quantitative estimate of drug-likeness (QED) is 0.639. The van der Waals surface area contributed by atoms with E-state index in [1.54, 1.807) is 24.3 Å². The van der Waals surface area contributed by atoms with Gasteiger partial charge in [-0.1, -0.05) is 6.42 Å². The molecule has 0 spiro atoms. The maximum atomic E-state index is 12.7. The van der Waals surface area contributed by atoms with Crippen LogP contribution in [-0.2, 0) is 24.3 Å². The van der Waals surface area contributed by atoms with Gasteiger partial charge in [0, 0.05) is 31.6 Å². The van der Waals surface area contributed by atoms with E-state index < -0.39 is 10.0 Å². The number of amides is 1. The van der Waals surface area contributed by atoms with Gasteiger partial charge < -0.3 is 15.0 Å². The van der Waals surface area contributed by atoms with Crippen molar-refractivity contribution >= 4 is 27.6 Å². The van der Waals surface area contributed by atoms with Crippen molar-refractivity contribution in [1.29, 1.82) is 0 Å². The van der Waals surface area contributed by atoms with Gasteiger partial charge in [-0.25, -0.2) is 8.42 Å². The van der Waals surface area contributed by atoms with Crippen molar-refractivity contribution in [3.8, 4) is 0 Å². The number of methoxy groups -OCH3 is 1. The highest BCUT2D eigenvalue weighted by molar-refractivity contribution is 7.89. The van der Waals surface area contributed by atoms with E-state index >= 15 is 0 Å². The summed E-state index contributed by atoms with van der Waals surface area (Å²) in [6.07, 6.45) is 4.30. The monoisotopic (exact) mass is 424 g/mol. The lowest BCUT2D eigenvalue weighted by atomic mass is 9.97. The third kappa shape index (κ3) is 5.55. The van der Waals surface area contributed by atoms with Crippen molar-refractivity contribution < 1.29 is 27.6 Å². The van der Waals surface area contributed by atoms with Crippen LogP contribution in [0, 0.1) is 5.92 Å². The Kier molecular flexibility index (Phi) is 7.26. The largest absolute Gasteiger partial charge is 0.469 e. The van der Waals surface area contributed by atoms with Crippen LogP contribution in [0.2, 0.25) is 0 Å². The number of rotatable bonds is 6. The van der Waals surface area contributed by atoms with Crippen LogP contribution in [0.1, 0.15) is 32.1 Å². The van der Waals surface area contributed by atoms with E-state index in [4.69, 9.17) is 4.74 Å². The number of hydrogen-bond acceptors (Lipinski definition) is 5. The highest BCUT2D eigenvalue weighted by Gasteiger charge is 2.29. The first-order chi connectivity index (χ1) is 13.9. The van der Waals surface area contributed by atoms with Gasteiger partial charge in [0.25, 0.3) is 5.91 Å². The zero-order chi connectivity index (χ0) is 20.9. The molecule has 2 aliphatic heterocycles. The molecule has 0 atom stereocenters. The Morgan fingerprint density at radius 1 is 1.10 bits per heavy atom. The summed E-state index contributed by atoms with van der Waals surface area (Å²) in [7, 11) is -2.06. The normalized spacial score (nSPS) is 23.3. The zero-order valence-electron chi connectivity index (χ0n) is 16.9. The van der Waals surface area contributed by atoms with Gasteiger partial charge in [-0.05, 0) is 37.1 Å². The third-order valence-electron chi connectivity index (χ3n) is 5.73. The number of benzene rings is 1. The second-order valence-corrected chi connectivity index (χ2v) is 9.70. The van der Waals surface area contributed by atoms with Gasteiger partial charge in [0.1, 0.15) is 0 Å². The first-order valence-electron chi connectivity index (χ1n) is 10.2. The van der Waals surface area contributed by atoms with E-state index in [1.807, 2.05) is 0 Å². The Labute approximate surface area is 172 Å². The SMILES string of the molecule is COC(=O)C1CC[NH+](CC(=O)Nc2ccc(S(=O)(=O)N3CCCCC3)cc2)CC1. The molecular formula is C20H30N3O5S+. The van der Waals surface area contributed by atoms with Gasteiger partial charge in [0.15, 0.2) is 6.54 Å². The Balaban J connectivity index is 1.51. The average molecular weight is 425 g/mol. The molecule has 8 nitrogen and oxygen atoms in total. The number of anilines is 1. The summed E-state index contributed by atoms with van der Waals surface area (Å²) in [5.74, 6) is -0.363. The molecule has 0 radical (unpaired) electrons. The minimum Gasteiger partial charge on any atom is -0.469 e. The highest BCUT2D eigenvalue weighted by atomic mass is 32.2. The van der Waals surface area contributed by atoms with Crippen molar-refractivity contribution in [2.24, 2.45) is 5.92 Å². The Hall–Kier alpha value is -1.97. The van der Waals surface area contributed by atoms with E-state index in [-0.39, 0.29) is 22.7 Å². The number of sulfonamides is 1. The summed E-state index contributed by atoms with van der Waals surface area (Å²) in [4.78, 5) is 25.3. The topological polar surface area (TPSA) is 97.2 Å². The standard InChI is InChI=1S/C20H29N3O5S/c1-28-20(25)16-9-13-22(14-10-16)15-19(24)21-17-5-7-18(8-6-17)29(26,27)23-11-3-2-4-12-23/h5-8,16H,2-4,9-15H2,1H3,(H,21,24)/p+1. The minimum absolute atomic E-state index is 0.0683. The zero-order valence-corrected chi connectivity index (χ0v) is 17.7. The molecule has 1 aromatic carbocycles. The summed E-state index contributed by atoms with van der Waals surface area (Å²) in [6, 6.07) is 6.36. The summed E-state index contributed by atoms with van der Waals surface area (Å²) < 4.78 is 31.7. The lowest BCUT2D eigenvalue weighted by Gasteiger charge is -2.27. The van der Waals surface area contributed by atoms with Crippen molar-refractivity contribution in [3.63, 3.8) is 0 Å². The lowest BCUT2D eigenvalue weighted by Crippen LogP contribution is -3.14. The number of hydrogen-bond donors (Lipinski definition) is 2. The van der Waals surface area contributed by atoms with Crippen molar-refractivity contribution in [2.45, 2.75) is 37.0 Å². The number of piperidine rings is 2. The number of likely N-dealkylation sites (tertiary alicyclic amines) is 1. The maximum absolute atomic E-state index is 12.7. The Bertz CT molecular complexity index is 811. The summed E-state index contributed by atoms with van der Waals surface area (Å²) in [6.45, 7) is 2.95. The van der Waals surface area contributed by atoms with Gasteiger partial charge in [0.05, 0.1) is 31.0 Å². The molecule has 1 aromatic rings. The molecule has 0 unspecified atom stereocenters. The van der Waals surface area contributed by atoms with Gasteiger partial charge >= 0.3 is 5.97 Å². The lowest BCUT2D eigenvalue weighted by molar-refractivity contribution is -0.897. The Morgan fingerprint density at radius 3 is 2.31 bits per heavy atom. The van der Waals surface area contributed by atoms with E-state index in [0.717, 1.165) is 50.1 Å². The maximum Gasteiger partial charge on any atom is 0.309 e. The van der Waals surface area contributed by atoms with Crippen LogP contribution in [0.25, 0.3) is 0 Å². The summed E-state index contributed by atoms with van der Waals surface area (Å²) in [5, 5.41) is 2.83. The second kappa shape index (κ2) is 9.69. The van der Waals surface area contributed by atoms with E-state index in [2.05, 4.69) is 5.32 Å². The molecule has 3 rings (SSSR count). The average Bonchev–Trinajstić information content (AvgIpc) is 2.74. The molecule has 0 saturated carbocycles. The first kappa shape index (κ1) is 21.7. The highest BCUT2D eigenvalue weighted by Crippen LogP contribution is 2.22. The summed E-state index contributed by atoms with van der Waals surface area (Å²) in [5.41, 5.74) is 0.580. The van der Waals surface area contributed by atoms with Gasteiger partial charge in [-0.3, -0.25) is 9.59 Å². The first-order valence-corrected chi connectivity index (χ1v) is 11.7. The molecule has 0 aromatic heterocycles. The number of esters is 1. The number of ether oxygens (including phenoxy) is 1. The van der Waals surface area contributed by atoms with Gasteiger partial charge in [-0.15, -0.1) is 0 Å². The van der Waals surface area contributed by atoms with Crippen LogP contribution in [0.3, 0.4) is 0 Å².